The highest BCUT2D eigenvalue weighted by Crippen LogP contribution is 2.24. The topological polar surface area (TPSA) is 41.6 Å². The van der Waals surface area contributed by atoms with Crippen LogP contribution in [0.1, 0.15) is 30.9 Å². The van der Waals surface area contributed by atoms with Crippen molar-refractivity contribution in [2.45, 2.75) is 25.9 Å². The Morgan fingerprint density at radius 1 is 1.07 bits per heavy atom. The molecule has 0 radical (unpaired) electrons. The number of rotatable bonds is 7. The van der Waals surface area contributed by atoms with Gasteiger partial charge in [-0.2, -0.15) is 0 Å². The molecule has 1 saturated heterocycles. The average molecular weight is 367 g/mol. The standard InChI is InChI=1S/C23H30N2O2/c1-18(2)16-25-13-14-27-21(17-25)15-24-23(26)22(19-9-5-3-6-10-19)20-11-7-4-8-12-20/h3-12,18,21-22H,13-17H2,1-2H3,(H,24,26)/t21-/m0/s1. The molecule has 1 aliphatic rings. The van der Waals surface area contributed by atoms with E-state index in [1.54, 1.807) is 0 Å². The van der Waals surface area contributed by atoms with Gasteiger partial charge in [0.2, 0.25) is 5.91 Å². The van der Waals surface area contributed by atoms with E-state index in [0.717, 1.165) is 37.4 Å². The number of nitrogens with zero attached hydrogens (tertiary/aromatic N) is 1. The molecule has 1 atom stereocenters. The van der Waals surface area contributed by atoms with Gasteiger partial charge in [0, 0.05) is 26.2 Å². The van der Waals surface area contributed by atoms with Crippen LogP contribution in [0.2, 0.25) is 0 Å². The lowest BCUT2D eigenvalue weighted by Gasteiger charge is -2.34. The van der Waals surface area contributed by atoms with Crippen molar-refractivity contribution in [3.8, 4) is 0 Å². The van der Waals surface area contributed by atoms with Crippen LogP contribution in [0.4, 0.5) is 0 Å². The summed E-state index contributed by atoms with van der Waals surface area (Å²) in [7, 11) is 0. The molecule has 27 heavy (non-hydrogen) atoms. The number of nitrogens with one attached hydrogen (secondary N) is 1. The van der Waals surface area contributed by atoms with Gasteiger partial charge in [-0.15, -0.1) is 0 Å². The third-order valence-corrected chi connectivity index (χ3v) is 4.88. The molecule has 0 spiro atoms. The Morgan fingerprint density at radius 2 is 1.67 bits per heavy atom. The Balaban J connectivity index is 1.65. The van der Waals surface area contributed by atoms with Crippen LogP contribution >= 0.6 is 0 Å². The van der Waals surface area contributed by atoms with Crippen molar-refractivity contribution in [2.75, 3.05) is 32.8 Å². The molecule has 0 aliphatic carbocycles. The second-order valence-electron chi connectivity index (χ2n) is 7.65. The minimum atomic E-state index is -0.303. The van der Waals surface area contributed by atoms with Crippen LogP contribution < -0.4 is 5.32 Å². The van der Waals surface area contributed by atoms with Crippen LogP contribution in [-0.4, -0.2) is 49.7 Å². The number of ether oxygens (including phenoxy) is 1. The van der Waals surface area contributed by atoms with Crippen molar-refractivity contribution in [3.63, 3.8) is 0 Å². The van der Waals surface area contributed by atoms with Crippen LogP contribution in [0.3, 0.4) is 0 Å². The second kappa shape index (κ2) is 9.67. The number of hydrogen-bond acceptors (Lipinski definition) is 3. The number of morpholine rings is 1. The maximum atomic E-state index is 13.1. The van der Waals surface area contributed by atoms with E-state index in [0.29, 0.717) is 12.5 Å². The molecule has 2 aromatic carbocycles. The fourth-order valence-corrected chi connectivity index (χ4v) is 3.69. The van der Waals surface area contributed by atoms with Crippen molar-refractivity contribution in [2.24, 2.45) is 5.92 Å². The van der Waals surface area contributed by atoms with Gasteiger partial charge in [0.25, 0.3) is 0 Å². The first-order valence-corrected chi connectivity index (χ1v) is 9.85. The lowest BCUT2D eigenvalue weighted by Crippen LogP contribution is -2.48. The highest BCUT2D eigenvalue weighted by molar-refractivity contribution is 5.87. The molecule has 0 bridgehead atoms. The maximum absolute atomic E-state index is 13.1. The predicted octanol–water partition coefficient (Wildman–Crippen LogP) is 3.29. The van der Waals surface area contributed by atoms with E-state index in [-0.39, 0.29) is 17.9 Å². The first-order valence-electron chi connectivity index (χ1n) is 9.85. The lowest BCUT2D eigenvalue weighted by atomic mass is 9.90. The molecule has 1 aliphatic heterocycles. The van der Waals surface area contributed by atoms with Gasteiger partial charge >= 0.3 is 0 Å². The summed E-state index contributed by atoms with van der Waals surface area (Å²) >= 11 is 0. The van der Waals surface area contributed by atoms with Gasteiger partial charge in [-0.05, 0) is 17.0 Å². The van der Waals surface area contributed by atoms with Crippen molar-refractivity contribution < 1.29 is 9.53 Å². The van der Waals surface area contributed by atoms with Crippen LogP contribution in [0.25, 0.3) is 0 Å². The first kappa shape index (κ1) is 19.6. The SMILES string of the molecule is CC(C)CN1CCO[C@@H](CNC(=O)C(c2ccccc2)c2ccccc2)C1. The highest BCUT2D eigenvalue weighted by Gasteiger charge is 2.25. The van der Waals surface area contributed by atoms with E-state index in [2.05, 4.69) is 24.1 Å². The van der Waals surface area contributed by atoms with Gasteiger partial charge in [-0.3, -0.25) is 9.69 Å². The number of carbonyl (C=O) groups excluding carboxylic acids is 1. The van der Waals surface area contributed by atoms with Crippen LogP contribution in [0, 0.1) is 5.92 Å². The summed E-state index contributed by atoms with van der Waals surface area (Å²) in [5.74, 6) is 0.360. The molecule has 1 heterocycles. The lowest BCUT2D eigenvalue weighted by molar-refractivity contribution is -0.123. The normalized spacial score (nSPS) is 18.0. The molecular formula is C23H30N2O2. The Kier molecular flexibility index (Phi) is 7.02. The van der Waals surface area contributed by atoms with Gasteiger partial charge in [0.1, 0.15) is 0 Å². The molecular weight excluding hydrogens is 336 g/mol. The zero-order valence-electron chi connectivity index (χ0n) is 16.3. The van der Waals surface area contributed by atoms with Crippen LogP contribution in [0.15, 0.2) is 60.7 Å². The van der Waals surface area contributed by atoms with Gasteiger partial charge in [-0.1, -0.05) is 74.5 Å². The van der Waals surface area contributed by atoms with E-state index < -0.39 is 0 Å². The zero-order valence-corrected chi connectivity index (χ0v) is 16.3. The molecule has 1 fully saturated rings. The third-order valence-electron chi connectivity index (χ3n) is 4.88. The quantitative estimate of drug-likeness (QED) is 0.818. The van der Waals surface area contributed by atoms with Crippen molar-refractivity contribution in [1.29, 1.82) is 0 Å². The zero-order chi connectivity index (χ0) is 19.1. The summed E-state index contributed by atoms with van der Waals surface area (Å²) in [6.45, 7) is 8.66. The Hall–Kier alpha value is -2.17. The smallest absolute Gasteiger partial charge is 0.232 e. The van der Waals surface area contributed by atoms with Crippen molar-refractivity contribution in [3.05, 3.63) is 71.8 Å². The highest BCUT2D eigenvalue weighted by atomic mass is 16.5. The van der Waals surface area contributed by atoms with Crippen molar-refractivity contribution in [1.82, 2.24) is 10.2 Å². The van der Waals surface area contributed by atoms with Gasteiger partial charge in [0.15, 0.2) is 0 Å². The molecule has 0 saturated carbocycles. The van der Waals surface area contributed by atoms with E-state index in [1.165, 1.54) is 0 Å². The van der Waals surface area contributed by atoms with Gasteiger partial charge in [-0.25, -0.2) is 0 Å². The Bertz CT molecular complexity index is 663. The molecule has 1 N–H and O–H groups in total. The number of amides is 1. The first-order chi connectivity index (χ1) is 13.1. The second-order valence-corrected chi connectivity index (χ2v) is 7.65. The van der Waals surface area contributed by atoms with Gasteiger partial charge in [0.05, 0.1) is 18.6 Å². The molecule has 3 rings (SSSR count). The summed E-state index contributed by atoms with van der Waals surface area (Å²) in [5.41, 5.74) is 2.01. The van der Waals surface area contributed by atoms with E-state index >= 15 is 0 Å². The van der Waals surface area contributed by atoms with E-state index in [4.69, 9.17) is 4.74 Å². The number of hydrogen-bond donors (Lipinski definition) is 1. The minimum absolute atomic E-state index is 0.0250. The summed E-state index contributed by atoms with van der Waals surface area (Å²) in [6.07, 6.45) is 0.0497. The molecule has 1 amide bonds. The predicted molar refractivity (Wildman–Crippen MR) is 109 cm³/mol. The summed E-state index contributed by atoms with van der Waals surface area (Å²) in [6, 6.07) is 19.9. The Morgan fingerprint density at radius 3 is 2.22 bits per heavy atom. The monoisotopic (exact) mass is 366 g/mol. The molecule has 0 unspecified atom stereocenters. The molecule has 144 valence electrons. The van der Waals surface area contributed by atoms with Crippen LogP contribution in [0.5, 0.6) is 0 Å². The van der Waals surface area contributed by atoms with Gasteiger partial charge < -0.3 is 10.1 Å². The molecule has 0 aromatic heterocycles. The minimum Gasteiger partial charge on any atom is -0.374 e. The maximum Gasteiger partial charge on any atom is 0.232 e. The summed E-state index contributed by atoms with van der Waals surface area (Å²) in [4.78, 5) is 15.5. The fraction of sp³-hybridized carbons (Fsp3) is 0.435. The third kappa shape index (κ3) is 5.65. The largest absolute Gasteiger partial charge is 0.374 e. The van der Waals surface area contributed by atoms with Crippen LogP contribution in [-0.2, 0) is 9.53 Å². The molecule has 2 aromatic rings. The number of carbonyl (C=O) groups is 1. The fourth-order valence-electron chi connectivity index (χ4n) is 3.69. The summed E-state index contributed by atoms with van der Waals surface area (Å²) in [5, 5.41) is 3.13. The molecule has 4 heteroatoms. The average Bonchev–Trinajstić information content (AvgIpc) is 2.68. The summed E-state index contributed by atoms with van der Waals surface area (Å²) < 4.78 is 5.87. The van der Waals surface area contributed by atoms with E-state index in [9.17, 15) is 4.79 Å². The molecule has 4 nitrogen and oxygen atoms in total. The van der Waals surface area contributed by atoms with E-state index in [1.807, 2.05) is 60.7 Å². The Labute approximate surface area is 162 Å². The number of benzene rings is 2. The van der Waals surface area contributed by atoms with Crippen molar-refractivity contribution >= 4 is 5.91 Å².